The van der Waals surface area contributed by atoms with E-state index in [2.05, 4.69) is 48.5 Å². The molecular weight excluding hydrogens is 268 g/mol. The fraction of sp³-hybridized carbons (Fsp3) is 0.294. The number of halogens is 1. The van der Waals surface area contributed by atoms with Gasteiger partial charge in [-0.05, 0) is 36.1 Å². The maximum absolute atomic E-state index is 6.18. The normalized spacial score (nSPS) is 11.7. The maximum Gasteiger partial charge on any atom is 0.0294 e. The lowest BCUT2D eigenvalue weighted by Crippen LogP contribution is -2.10. The number of unbranched alkanes of at least 4 members (excludes halogenated alkanes) is 1. The Morgan fingerprint density at radius 1 is 0.800 bits per heavy atom. The summed E-state index contributed by atoms with van der Waals surface area (Å²) in [6, 6.07) is 19.1. The van der Waals surface area contributed by atoms with Crippen molar-refractivity contribution in [3.63, 3.8) is 0 Å². The molecule has 2 aromatic rings. The van der Waals surface area contributed by atoms with Crippen molar-refractivity contribution in [1.29, 1.82) is 0 Å². The average Bonchev–Trinajstić information content (AvgIpc) is 2.48. The molecule has 2 aromatic carbocycles. The highest BCUT2D eigenvalue weighted by atomic mass is 35.5. The van der Waals surface area contributed by atoms with Crippen LogP contribution >= 0.6 is 12.4 Å². The van der Waals surface area contributed by atoms with E-state index in [-0.39, 0.29) is 18.4 Å². The minimum atomic E-state index is 0. The van der Waals surface area contributed by atoms with Crippen LogP contribution in [0.15, 0.2) is 54.6 Å². The Morgan fingerprint density at radius 3 is 2.00 bits per heavy atom. The van der Waals surface area contributed by atoms with Gasteiger partial charge in [0, 0.05) is 6.04 Å². The van der Waals surface area contributed by atoms with E-state index in [0.29, 0.717) is 0 Å². The van der Waals surface area contributed by atoms with Crippen LogP contribution < -0.4 is 11.5 Å². The summed E-state index contributed by atoms with van der Waals surface area (Å²) in [5, 5.41) is 0. The smallest absolute Gasteiger partial charge is 0.0294 e. The zero-order chi connectivity index (χ0) is 13.5. The lowest BCUT2D eigenvalue weighted by Gasteiger charge is -2.12. The van der Waals surface area contributed by atoms with Crippen molar-refractivity contribution < 1.29 is 0 Å². The van der Waals surface area contributed by atoms with Crippen molar-refractivity contribution in [2.75, 3.05) is 6.54 Å². The summed E-state index contributed by atoms with van der Waals surface area (Å²) in [7, 11) is 0. The highest BCUT2D eigenvalue weighted by molar-refractivity contribution is 5.85. The van der Waals surface area contributed by atoms with Crippen molar-refractivity contribution in [3.8, 4) is 11.1 Å². The lowest BCUT2D eigenvalue weighted by atomic mass is 9.98. The molecule has 0 saturated carbocycles. The van der Waals surface area contributed by atoms with Crippen molar-refractivity contribution in [2.24, 2.45) is 11.5 Å². The van der Waals surface area contributed by atoms with Crippen LogP contribution in [0.4, 0.5) is 0 Å². The van der Waals surface area contributed by atoms with Gasteiger partial charge in [0.1, 0.15) is 0 Å². The van der Waals surface area contributed by atoms with Gasteiger partial charge >= 0.3 is 0 Å². The quantitative estimate of drug-likeness (QED) is 0.793. The predicted molar refractivity (Wildman–Crippen MR) is 89.0 cm³/mol. The number of nitrogens with two attached hydrogens (primary N) is 2. The fourth-order valence-electron chi connectivity index (χ4n) is 2.23. The molecule has 0 aliphatic heterocycles. The third-order valence-corrected chi connectivity index (χ3v) is 3.42. The van der Waals surface area contributed by atoms with E-state index < -0.39 is 0 Å². The van der Waals surface area contributed by atoms with E-state index in [4.69, 9.17) is 11.5 Å². The van der Waals surface area contributed by atoms with Gasteiger partial charge in [-0.15, -0.1) is 12.4 Å². The molecule has 0 aromatic heterocycles. The molecule has 0 spiro atoms. The summed E-state index contributed by atoms with van der Waals surface area (Å²) in [4.78, 5) is 0. The molecule has 0 fully saturated rings. The Bertz CT molecular complexity index is 482. The molecule has 2 rings (SSSR count). The maximum atomic E-state index is 6.18. The van der Waals surface area contributed by atoms with Gasteiger partial charge in [0.15, 0.2) is 0 Å². The third-order valence-electron chi connectivity index (χ3n) is 3.42. The first-order valence-electron chi connectivity index (χ1n) is 6.92. The predicted octanol–water partition coefficient (Wildman–Crippen LogP) is 3.90. The number of hydrogen-bond acceptors (Lipinski definition) is 2. The van der Waals surface area contributed by atoms with Crippen LogP contribution in [0.3, 0.4) is 0 Å². The van der Waals surface area contributed by atoms with Crippen LogP contribution in [0.5, 0.6) is 0 Å². The summed E-state index contributed by atoms with van der Waals surface area (Å²) in [5.41, 5.74) is 15.4. The van der Waals surface area contributed by atoms with Crippen LogP contribution in [0.2, 0.25) is 0 Å². The first-order valence-corrected chi connectivity index (χ1v) is 6.92. The zero-order valence-corrected chi connectivity index (χ0v) is 12.5. The van der Waals surface area contributed by atoms with Crippen molar-refractivity contribution in [1.82, 2.24) is 0 Å². The third kappa shape index (κ3) is 4.64. The molecule has 0 radical (unpaired) electrons. The lowest BCUT2D eigenvalue weighted by molar-refractivity contribution is 0.591. The van der Waals surface area contributed by atoms with Gasteiger partial charge in [0.25, 0.3) is 0 Å². The highest BCUT2D eigenvalue weighted by Gasteiger charge is 2.05. The molecule has 2 nitrogen and oxygen atoms in total. The number of hydrogen-bond donors (Lipinski definition) is 2. The van der Waals surface area contributed by atoms with Crippen LogP contribution in [0.25, 0.3) is 11.1 Å². The van der Waals surface area contributed by atoms with Crippen molar-refractivity contribution in [2.45, 2.75) is 25.3 Å². The zero-order valence-electron chi connectivity index (χ0n) is 11.7. The van der Waals surface area contributed by atoms with E-state index in [1.807, 2.05) is 6.07 Å². The molecule has 0 aliphatic carbocycles. The van der Waals surface area contributed by atoms with E-state index in [1.165, 1.54) is 16.7 Å². The Hall–Kier alpha value is -1.35. The summed E-state index contributed by atoms with van der Waals surface area (Å²) < 4.78 is 0. The first kappa shape index (κ1) is 16.7. The molecule has 108 valence electrons. The van der Waals surface area contributed by atoms with Crippen molar-refractivity contribution >= 4 is 12.4 Å². The number of rotatable bonds is 6. The standard InChI is InChI=1S/C17H22N2.ClH/c18-13-5-4-8-17(19)16-11-9-15(10-12-16)14-6-2-1-3-7-14;/h1-3,6-7,9-12,17H,4-5,8,13,18-19H2;1H/t17-;/m0./s1. The van der Waals surface area contributed by atoms with Crippen molar-refractivity contribution in [3.05, 3.63) is 60.2 Å². The summed E-state index contributed by atoms with van der Waals surface area (Å²) >= 11 is 0. The van der Waals surface area contributed by atoms with Gasteiger partial charge < -0.3 is 11.5 Å². The summed E-state index contributed by atoms with van der Waals surface area (Å²) in [6.45, 7) is 0.750. The van der Waals surface area contributed by atoms with Gasteiger partial charge in [0.2, 0.25) is 0 Å². The van der Waals surface area contributed by atoms with E-state index in [1.54, 1.807) is 0 Å². The van der Waals surface area contributed by atoms with Gasteiger partial charge in [-0.1, -0.05) is 61.0 Å². The Labute approximate surface area is 127 Å². The minimum absolute atomic E-state index is 0. The van der Waals surface area contributed by atoms with Crippen LogP contribution in [0, 0.1) is 0 Å². The Balaban J connectivity index is 0.00000200. The van der Waals surface area contributed by atoms with Gasteiger partial charge in [-0.2, -0.15) is 0 Å². The van der Waals surface area contributed by atoms with E-state index >= 15 is 0 Å². The second-order valence-electron chi connectivity index (χ2n) is 4.88. The SMILES string of the molecule is Cl.NCCCC[C@H](N)c1ccc(-c2ccccc2)cc1. The van der Waals surface area contributed by atoms with Crippen LogP contribution in [-0.2, 0) is 0 Å². The monoisotopic (exact) mass is 290 g/mol. The molecule has 0 bridgehead atoms. The van der Waals surface area contributed by atoms with Gasteiger partial charge in [-0.3, -0.25) is 0 Å². The van der Waals surface area contributed by atoms with E-state index in [9.17, 15) is 0 Å². The molecule has 1 atom stereocenters. The molecule has 0 amide bonds. The molecule has 0 unspecified atom stereocenters. The largest absolute Gasteiger partial charge is 0.330 e. The van der Waals surface area contributed by atoms with Crippen LogP contribution in [-0.4, -0.2) is 6.54 Å². The molecule has 0 heterocycles. The van der Waals surface area contributed by atoms with Gasteiger partial charge in [-0.25, -0.2) is 0 Å². The molecule has 3 heteroatoms. The minimum Gasteiger partial charge on any atom is -0.330 e. The Kier molecular flexibility index (Phi) is 7.31. The fourth-order valence-corrected chi connectivity index (χ4v) is 2.23. The Morgan fingerprint density at radius 2 is 1.40 bits per heavy atom. The first-order chi connectivity index (χ1) is 9.31. The second kappa shape index (κ2) is 8.75. The molecular formula is C17H23ClN2. The summed E-state index contributed by atoms with van der Waals surface area (Å²) in [6.07, 6.45) is 3.15. The molecule has 0 aliphatic rings. The topological polar surface area (TPSA) is 52.0 Å². The molecule has 4 N–H and O–H groups in total. The van der Waals surface area contributed by atoms with Gasteiger partial charge in [0.05, 0.1) is 0 Å². The second-order valence-corrected chi connectivity index (χ2v) is 4.88. The molecule has 0 saturated heterocycles. The molecule has 20 heavy (non-hydrogen) atoms. The number of benzene rings is 2. The highest BCUT2D eigenvalue weighted by Crippen LogP contribution is 2.22. The average molecular weight is 291 g/mol. The van der Waals surface area contributed by atoms with Crippen LogP contribution in [0.1, 0.15) is 30.9 Å². The van der Waals surface area contributed by atoms with E-state index in [0.717, 1.165) is 25.8 Å². The summed E-state index contributed by atoms with van der Waals surface area (Å²) in [5.74, 6) is 0.